The average molecular weight is 321 g/mol. The summed E-state index contributed by atoms with van der Waals surface area (Å²) in [5, 5.41) is 14.0. The van der Waals surface area contributed by atoms with Crippen molar-refractivity contribution in [3.63, 3.8) is 0 Å². The molecule has 0 atom stereocenters. The van der Waals surface area contributed by atoms with Crippen molar-refractivity contribution in [1.82, 2.24) is 25.4 Å². The molecule has 8 heteroatoms. The minimum Gasteiger partial charge on any atom is -0.379 e. The smallest absolute Gasteiger partial charge is 0.315 e. The second-order valence-electron chi connectivity index (χ2n) is 5.10. The molecule has 22 heavy (non-hydrogen) atoms. The number of carbonyl (C=O) groups is 1. The highest BCUT2D eigenvalue weighted by Gasteiger charge is 2.15. The molecular weight excluding hydrogens is 302 g/mol. The fourth-order valence-corrected chi connectivity index (χ4v) is 3.17. The summed E-state index contributed by atoms with van der Waals surface area (Å²) in [6.07, 6.45) is 0.761. The van der Waals surface area contributed by atoms with Crippen LogP contribution in [-0.4, -0.2) is 34.0 Å². The first-order valence-electron chi connectivity index (χ1n) is 7.28. The molecule has 1 aliphatic heterocycles. The fourth-order valence-electron chi connectivity index (χ4n) is 2.34. The van der Waals surface area contributed by atoms with E-state index >= 15 is 0 Å². The second-order valence-corrected chi connectivity index (χ2v) is 6.47. The molecule has 2 N–H and O–H groups in total. The van der Waals surface area contributed by atoms with Crippen LogP contribution in [-0.2, 0) is 30.8 Å². The van der Waals surface area contributed by atoms with Crippen LogP contribution in [0.4, 0.5) is 4.79 Å². The molecule has 2 aromatic rings. The SMILES string of the molecule is Cc1ccc(CNC(=O)NCc2nnc3n2CCOCC3)s1. The van der Waals surface area contributed by atoms with Gasteiger partial charge in [-0.3, -0.25) is 0 Å². The molecule has 0 saturated heterocycles. The molecular formula is C14H19N5O2S. The van der Waals surface area contributed by atoms with Crippen LogP contribution in [0.25, 0.3) is 0 Å². The zero-order valence-electron chi connectivity index (χ0n) is 12.5. The van der Waals surface area contributed by atoms with Gasteiger partial charge in [-0.15, -0.1) is 21.5 Å². The number of hydrogen-bond donors (Lipinski definition) is 2. The number of ether oxygens (including phenoxy) is 1. The van der Waals surface area contributed by atoms with E-state index in [2.05, 4.69) is 27.8 Å². The van der Waals surface area contributed by atoms with E-state index in [-0.39, 0.29) is 6.03 Å². The standard InChI is InChI=1S/C14H19N5O2S/c1-10-2-3-11(22-10)8-15-14(20)16-9-13-18-17-12-4-6-21-7-5-19(12)13/h2-3H,4-9H2,1H3,(H2,15,16,20). The van der Waals surface area contributed by atoms with Crippen molar-refractivity contribution in [2.24, 2.45) is 0 Å². The van der Waals surface area contributed by atoms with Gasteiger partial charge in [0.2, 0.25) is 0 Å². The average Bonchev–Trinajstić information content (AvgIpc) is 3.02. The maximum Gasteiger partial charge on any atom is 0.315 e. The largest absolute Gasteiger partial charge is 0.379 e. The van der Waals surface area contributed by atoms with Gasteiger partial charge in [0.1, 0.15) is 5.82 Å². The minimum atomic E-state index is -0.201. The van der Waals surface area contributed by atoms with Crippen molar-refractivity contribution in [3.05, 3.63) is 33.5 Å². The van der Waals surface area contributed by atoms with Gasteiger partial charge < -0.3 is 19.9 Å². The van der Waals surface area contributed by atoms with Crippen molar-refractivity contribution in [1.29, 1.82) is 0 Å². The van der Waals surface area contributed by atoms with Gasteiger partial charge in [0.25, 0.3) is 0 Å². The van der Waals surface area contributed by atoms with Gasteiger partial charge in [-0.25, -0.2) is 4.79 Å². The molecule has 118 valence electrons. The van der Waals surface area contributed by atoms with E-state index in [0.717, 1.165) is 29.5 Å². The van der Waals surface area contributed by atoms with Crippen molar-refractivity contribution >= 4 is 17.4 Å². The number of carbonyl (C=O) groups excluding carboxylic acids is 1. The van der Waals surface area contributed by atoms with Gasteiger partial charge in [0.15, 0.2) is 5.82 Å². The van der Waals surface area contributed by atoms with Gasteiger partial charge in [-0.05, 0) is 19.1 Å². The second kappa shape index (κ2) is 6.89. The maximum atomic E-state index is 11.9. The van der Waals surface area contributed by atoms with Crippen molar-refractivity contribution in [3.8, 4) is 0 Å². The monoisotopic (exact) mass is 321 g/mol. The zero-order chi connectivity index (χ0) is 15.4. The zero-order valence-corrected chi connectivity index (χ0v) is 13.3. The molecule has 3 rings (SSSR count). The third-order valence-electron chi connectivity index (χ3n) is 3.46. The van der Waals surface area contributed by atoms with Gasteiger partial charge in [0.05, 0.1) is 26.3 Å². The highest BCUT2D eigenvalue weighted by molar-refractivity contribution is 7.11. The molecule has 2 aromatic heterocycles. The summed E-state index contributed by atoms with van der Waals surface area (Å²) in [6.45, 7) is 5.01. The van der Waals surface area contributed by atoms with E-state index in [1.54, 1.807) is 11.3 Å². The van der Waals surface area contributed by atoms with Crippen molar-refractivity contribution in [2.75, 3.05) is 13.2 Å². The van der Waals surface area contributed by atoms with Crippen LogP contribution in [0.15, 0.2) is 12.1 Å². The van der Waals surface area contributed by atoms with Gasteiger partial charge in [-0.1, -0.05) is 0 Å². The number of fused-ring (bicyclic) bond motifs is 1. The first kappa shape index (κ1) is 15.0. The number of urea groups is 1. The maximum absolute atomic E-state index is 11.9. The number of nitrogens with zero attached hydrogens (tertiary/aromatic N) is 3. The van der Waals surface area contributed by atoms with E-state index in [4.69, 9.17) is 4.74 Å². The summed E-state index contributed by atoms with van der Waals surface area (Å²) < 4.78 is 7.44. The minimum absolute atomic E-state index is 0.201. The number of aromatic nitrogens is 3. The Labute approximate surface area is 132 Å². The molecule has 1 aliphatic rings. The molecule has 0 aliphatic carbocycles. The van der Waals surface area contributed by atoms with E-state index in [9.17, 15) is 4.79 Å². The van der Waals surface area contributed by atoms with Gasteiger partial charge >= 0.3 is 6.03 Å². The quantitative estimate of drug-likeness (QED) is 0.887. The number of rotatable bonds is 4. The Morgan fingerprint density at radius 2 is 2.18 bits per heavy atom. The van der Waals surface area contributed by atoms with Gasteiger partial charge in [-0.2, -0.15) is 0 Å². The molecule has 0 unspecified atom stereocenters. The topological polar surface area (TPSA) is 81.1 Å². The lowest BCUT2D eigenvalue weighted by Gasteiger charge is -2.08. The Bertz CT molecular complexity index is 651. The van der Waals surface area contributed by atoms with Gasteiger partial charge in [0, 0.05) is 22.7 Å². The number of amides is 2. The Morgan fingerprint density at radius 1 is 1.32 bits per heavy atom. The first-order chi connectivity index (χ1) is 10.7. The highest BCUT2D eigenvalue weighted by Crippen LogP contribution is 2.14. The third-order valence-corrected chi connectivity index (χ3v) is 4.46. The van der Waals surface area contributed by atoms with Crippen LogP contribution in [0.2, 0.25) is 0 Å². The lowest BCUT2D eigenvalue weighted by molar-refractivity contribution is 0.139. The Balaban J connectivity index is 1.50. The van der Waals surface area contributed by atoms with Crippen molar-refractivity contribution < 1.29 is 9.53 Å². The molecule has 0 radical (unpaired) electrons. The molecule has 3 heterocycles. The molecule has 0 bridgehead atoms. The lowest BCUT2D eigenvalue weighted by atomic mass is 10.4. The number of thiophene rings is 1. The lowest BCUT2D eigenvalue weighted by Crippen LogP contribution is -2.35. The molecule has 0 spiro atoms. The van der Waals surface area contributed by atoms with Crippen LogP contribution in [0.3, 0.4) is 0 Å². The molecule has 0 saturated carbocycles. The van der Waals surface area contributed by atoms with Crippen LogP contribution in [0.5, 0.6) is 0 Å². The van der Waals surface area contributed by atoms with E-state index < -0.39 is 0 Å². The van der Waals surface area contributed by atoms with E-state index in [0.29, 0.717) is 26.3 Å². The molecule has 0 fully saturated rings. The highest BCUT2D eigenvalue weighted by atomic mass is 32.1. The fraction of sp³-hybridized carbons (Fsp3) is 0.500. The molecule has 2 amide bonds. The Morgan fingerprint density at radius 3 is 3.00 bits per heavy atom. The number of aryl methyl sites for hydroxylation is 1. The summed E-state index contributed by atoms with van der Waals surface area (Å²) in [5.41, 5.74) is 0. The Kier molecular flexibility index (Phi) is 4.69. The number of nitrogens with one attached hydrogen (secondary N) is 2. The molecule has 0 aromatic carbocycles. The first-order valence-corrected chi connectivity index (χ1v) is 8.10. The molecule has 7 nitrogen and oxygen atoms in total. The van der Waals surface area contributed by atoms with E-state index in [1.807, 2.05) is 16.7 Å². The van der Waals surface area contributed by atoms with Crippen LogP contribution in [0.1, 0.15) is 21.4 Å². The summed E-state index contributed by atoms with van der Waals surface area (Å²) in [4.78, 5) is 14.2. The summed E-state index contributed by atoms with van der Waals surface area (Å²) in [5.74, 6) is 1.69. The normalized spacial score (nSPS) is 14.2. The summed E-state index contributed by atoms with van der Waals surface area (Å²) in [7, 11) is 0. The Hall–Kier alpha value is -1.93. The number of hydrogen-bond acceptors (Lipinski definition) is 5. The predicted octanol–water partition coefficient (Wildman–Crippen LogP) is 1.22. The van der Waals surface area contributed by atoms with Crippen LogP contribution < -0.4 is 10.6 Å². The summed E-state index contributed by atoms with van der Waals surface area (Å²) >= 11 is 1.68. The van der Waals surface area contributed by atoms with E-state index in [1.165, 1.54) is 4.88 Å². The van der Waals surface area contributed by atoms with Crippen LogP contribution in [0, 0.1) is 6.92 Å². The summed E-state index contributed by atoms with van der Waals surface area (Å²) in [6, 6.07) is 3.87. The third kappa shape index (κ3) is 3.63. The van der Waals surface area contributed by atoms with Crippen LogP contribution >= 0.6 is 11.3 Å². The van der Waals surface area contributed by atoms with Crippen molar-refractivity contribution in [2.45, 2.75) is 33.0 Å². The predicted molar refractivity (Wildman–Crippen MR) is 82.7 cm³/mol.